The molecule has 1 saturated carbocycles. The molecule has 1 aromatic heterocycles. The van der Waals surface area contributed by atoms with E-state index in [4.69, 9.17) is 0 Å². The molecule has 3 rings (SSSR count). The molecule has 0 spiro atoms. The fraction of sp³-hybridized carbons (Fsp3) is 0.714. The Hall–Kier alpha value is -1.43. The van der Waals surface area contributed by atoms with Crippen LogP contribution in [0.2, 0.25) is 0 Å². The van der Waals surface area contributed by atoms with Gasteiger partial charge in [0.05, 0.1) is 5.69 Å². The number of halogens is 1. The van der Waals surface area contributed by atoms with E-state index < -0.39 is 5.67 Å². The number of nitrogens with zero attached hydrogens (tertiary/aromatic N) is 4. The minimum absolute atomic E-state index is 0.322. The van der Waals surface area contributed by atoms with Crippen LogP contribution in [0.5, 0.6) is 0 Å². The SMILES string of the molecule is CN(C)Cc1cnc2n1CCN(C(=O)C1(F)CC1)CC2. The first-order valence-electron chi connectivity index (χ1n) is 7.16. The summed E-state index contributed by atoms with van der Waals surface area (Å²) >= 11 is 0. The second-order valence-corrected chi connectivity index (χ2v) is 6.06. The Kier molecular flexibility index (Phi) is 3.28. The van der Waals surface area contributed by atoms with Gasteiger partial charge in [0.1, 0.15) is 5.82 Å². The topological polar surface area (TPSA) is 41.4 Å². The maximum atomic E-state index is 13.9. The molecule has 0 N–H and O–H groups in total. The summed E-state index contributed by atoms with van der Waals surface area (Å²) in [6, 6.07) is 0. The molecule has 2 heterocycles. The largest absolute Gasteiger partial charge is 0.338 e. The van der Waals surface area contributed by atoms with Crippen molar-refractivity contribution >= 4 is 5.91 Å². The minimum Gasteiger partial charge on any atom is -0.338 e. The molecule has 6 heteroatoms. The zero-order valence-corrected chi connectivity index (χ0v) is 12.1. The van der Waals surface area contributed by atoms with Gasteiger partial charge in [0.25, 0.3) is 5.91 Å². The van der Waals surface area contributed by atoms with Gasteiger partial charge in [-0.2, -0.15) is 0 Å². The number of hydrogen-bond donors (Lipinski definition) is 0. The van der Waals surface area contributed by atoms with E-state index in [0.29, 0.717) is 38.9 Å². The predicted octanol–water partition coefficient (Wildman–Crippen LogP) is 0.831. The van der Waals surface area contributed by atoms with Crippen molar-refractivity contribution in [2.45, 2.75) is 38.0 Å². The molecular weight excluding hydrogens is 259 g/mol. The van der Waals surface area contributed by atoms with Gasteiger partial charge in [0.15, 0.2) is 5.67 Å². The van der Waals surface area contributed by atoms with Crippen LogP contribution in [-0.4, -0.2) is 58.1 Å². The highest BCUT2D eigenvalue weighted by Gasteiger charge is 2.52. The van der Waals surface area contributed by atoms with Crippen LogP contribution in [0.4, 0.5) is 4.39 Å². The summed E-state index contributed by atoms with van der Waals surface area (Å²) in [7, 11) is 4.04. The lowest BCUT2D eigenvalue weighted by molar-refractivity contribution is -0.138. The van der Waals surface area contributed by atoms with E-state index in [1.165, 1.54) is 0 Å². The average Bonchev–Trinajstić information content (AvgIpc) is 3.10. The van der Waals surface area contributed by atoms with Crippen molar-refractivity contribution in [3.8, 4) is 0 Å². The van der Waals surface area contributed by atoms with E-state index in [9.17, 15) is 9.18 Å². The smallest absolute Gasteiger partial charge is 0.260 e. The van der Waals surface area contributed by atoms with Crippen molar-refractivity contribution in [2.75, 3.05) is 27.2 Å². The van der Waals surface area contributed by atoms with Gasteiger partial charge in [0, 0.05) is 38.8 Å². The standard InChI is InChI=1S/C14H21FN4O/c1-17(2)10-11-9-16-12-3-6-18(7-8-19(11)12)13(20)14(15)4-5-14/h9H,3-8,10H2,1-2H3. The summed E-state index contributed by atoms with van der Waals surface area (Å²) in [6.45, 7) is 2.69. The van der Waals surface area contributed by atoms with E-state index >= 15 is 0 Å². The molecule has 110 valence electrons. The lowest BCUT2D eigenvalue weighted by atomic mass is 10.3. The molecular formula is C14H21FN4O. The minimum atomic E-state index is -1.56. The number of carbonyl (C=O) groups excluding carboxylic acids is 1. The van der Waals surface area contributed by atoms with Gasteiger partial charge < -0.3 is 14.4 Å². The first kappa shape index (κ1) is 13.5. The average molecular weight is 280 g/mol. The number of carbonyl (C=O) groups is 1. The Balaban J connectivity index is 1.72. The number of imidazole rings is 1. The number of rotatable bonds is 3. The Morgan fingerprint density at radius 3 is 2.80 bits per heavy atom. The van der Waals surface area contributed by atoms with Crippen molar-refractivity contribution in [1.29, 1.82) is 0 Å². The quantitative estimate of drug-likeness (QED) is 0.823. The van der Waals surface area contributed by atoms with E-state index in [1.54, 1.807) is 4.90 Å². The summed E-state index contributed by atoms with van der Waals surface area (Å²) in [4.78, 5) is 20.3. The molecule has 0 unspecified atom stereocenters. The van der Waals surface area contributed by atoms with Gasteiger partial charge in [-0.1, -0.05) is 0 Å². The Morgan fingerprint density at radius 2 is 2.15 bits per heavy atom. The van der Waals surface area contributed by atoms with Crippen LogP contribution in [-0.2, 0) is 24.3 Å². The van der Waals surface area contributed by atoms with Crippen molar-refractivity contribution in [3.63, 3.8) is 0 Å². The van der Waals surface area contributed by atoms with Crippen molar-refractivity contribution in [2.24, 2.45) is 0 Å². The molecule has 5 nitrogen and oxygen atoms in total. The van der Waals surface area contributed by atoms with Crippen LogP contribution < -0.4 is 0 Å². The van der Waals surface area contributed by atoms with E-state index in [1.807, 2.05) is 20.3 Å². The zero-order valence-electron chi connectivity index (χ0n) is 12.1. The first-order chi connectivity index (χ1) is 9.49. The molecule has 0 saturated heterocycles. The lowest BCUT2D eigenvalue weighted by Crippen LogP contribution is -2.40. The number of hydrogen-bond acceptors (Lipinski definition) is 3. The van der Waals surface area contributed by atoms with E-state index in [0.717, 1.165) is 18.1 Å². The van der Waals surface area contributed by atoms with Crippen molar-refractivity contribution in [1.82, 2.24) is 19.4 Å². The molecule has 0 aromatic carbocycles. The maximum Gasteiger partial charge on any atom is 0.260 e. The fourth-order valence-corrected chi connectivity index (χ4v) is 2.75. The molecule has 1 amide bonds. The molecule has 1 aliphatic carbocycles. The molecule has 0 bridgehead atoms. The summed E-state index contributed by atoms with van der Waals surface area (Å²) < 4.78 is 16.1. The highest BCUT2D eigenvalue weighted by atomic mass is 19.1. The van der Waals surface area contributed by atoms with Gasteiger partial charge in [-0.15, -0.1) is 0 Å². The molecule has 20 heavy (non-hydrogen) atoms. The maximum absolute atomic E-state index is 13.9. The van der Waals surface area contributed by atoms with Gasteiger partial charge in [0.2, 0.25) is 0 Å². The third-order valence-corrected chi connectivity index (χ3v) is 4.06. The predicted molar refractivity (Wildman–Crippen MR) is 73.0 cm³/mol. The Labute approximate surface area is 118 Å². The molecule has 1 aliphatic heterocycles. The molecule has 2 aliphatic rings. The fourth-order valence-electron chi connectivity index (χ4n) is 2.75. The monoisotopic (exact) mass is 280 g/mol. The Morgan fingerprint density at radius 1 is 1.40 bits per heavy atom. The van der Waals surface area contributed by atoms with E-state index in [2.05, 4.69) is 14.5 Å². The van der Waals surface area contributed by atoms with Crippen LogP contribution in [0.1, 0.15) is 24.4 Å². The number of amides is 1. The zero-order chi connectivity index (χ0) is 14.3. The van der Waals surface area contributed by atoms with Gasteiger partial charge >= 0.3 is 0 Å². The van der Waals surface area contributed by atoms with Crippen LogP contribution in [0, 0.1) is 0 Å². The van der Waals surface area contributed by atoms with Gasteiger partial charge in [-0.25, -0.2) is 9.37 Å². The summed E-state index contributed by atoms with van der Waals surface area (Å²) in [6.07, 6.45) is 3.39. The summed E-state index contributed by atoms with van der Waals surface area (Å²) in [5, 5.41) is 0. The molecule has 1 aromatic rings. The van der Waals surface area contributed by atoms with Gasteiger partial charge in [-0.3, -0.25) is 4.79 Å². The molecule has 0 radical (unpaired) electrons. The molecule has 1 fully saturated rings. The number of alkyl halides is 1. The number of fused-ring (bicyclic) bond motifs is 1. The Bertz CT molecular complexity index is 521. The first-order valence-corrected chi connectivity index (χ1v) is 7.16. The summed E-state index contributed by atoms with van der Waals surface area (Å²) in [5.74, 6) is 0.679. The number of aromatic nitrogens is 2. The van der Waals surface area contributed by atoms with E-state index in [-0.39, 0.29) is 5.91 Å². The van der Waals surface area contributed by atoms with Crippen molar-refractivity contribution < 1.29 is 9.18 Å². The van der Waals surface area contributed by atoms with Crippen LogP contribution in [0.15, 0.2) is 6.20 Å². The van der Waals surface area contributed by atoms with Crippen LogP contribution in [0.25, 0.3) is 0 Å². The second-order valence-electron chi connectivity index (χ2n) is 6.06. The highest BCUT2D eigenvalue weighted by molar-refractivity contribution is 5.88. The van der Waals surface area contributed by atoms with Crippen molar-refractivity contribution in [3.05, 3.63) is 17.7 Å². The normalized spacial score (nSPS) is 20.7. The van der Waals surface area contributed by atoms with Gasteiger partial charge in [-0.05, 0) is 26.9 Å². The third-order valence-electron chi connectivity index (χ3n) is 4.06. The third kappa shape index (κ3) is 2.44. The summed E-state index contributed by atoms with van der Waals surface area (Å²) in [5.41, 5.74) is -0.403. The van der Waals surface area contributed by atoms with Crippen LogP contribution in [0.3, 0.4) is 0 Å². The lowest BCUT2D eigenvalue weighted by Gasteiger charge is -2.22. The molecule has 0 atom stereocenters. The highest BCUT2D eigenvalue weighted by Crippen LogP contribution is 2.41. The second kappa shape index (κ2) is 4.84. The van der Waals surface area contributed by atoms with Crippen LogP contribution >= 0.6 is 0 Å².